The number of hydrogen-bond donors (Lipinski definition) is 1. The van der Waals surface area contributed by atoms with E-state index in [4.69, 9.17) is 4.74 Å². The van der Waals surface area contributed by atoms with Gasteiger partial charge in [-0.3, -0.25) is 4.79 Å². The van der Waals surface area contributed by atoms with Crippen molar-refractivity contribution in [2.75, 3.05) is 13.2 Å². The summed E-state index contributed by atoms with van der Waals surface area (Å²) in [6.07, 6.45) is 3.39. The van der Waals surface area contributed by atoms with Gasteiger partial charge in [-0.2, -0.15) is 0 Å². The van der Waals surface area contributed by atoms with Crippen molar-refractivity contribution in [2.45, 2.75) is 39.2 Å². The molecule has 1 N–H and O–H groups in total. The van der Waals surface area contributed by atoms with Crippen LogP contribution in [0.25, 0.3) is 0 Å². The van der Waals surface area contributed by atoms with E-state index in [0.29, 0.717) is 12.5 Å². The van der Waals surface area contributed by atoms with E-state index in [1.54, 1.807) is 0 Å². The van der Waals surface area contributed by atoms with Crippen molar-refractivity contribution in [1.29, 1.82) is 0 Å². The van der Waals surface area contributed by atoms with Gasteiger partial charge < -0.3 is 10.1 Å². The summed E-state index contributed by atoms with van der Waals surface area (Å²) in [7, 11) is 0. The quantitative estimate of drug-likeness (QED) is 0.634. The zero-order chi connectivity index (χ0) is 9.68. The molecule has 0 heterocycles. The van der Waals surface area contributed by atoms with Gasteiger partial charge in [-0.05, 0) is 38.6 Å². The molecular weight excluding hydrogens is 166 g/mol. The molecule has 1 aliphatic rings. The third-order valence-electron chi connectivity index (χ3n) is 2.25. The van der Waals surface area contributed by atoms with Gasteiger partial charge in [0.25, 0.3) is 0 Å². The van der Waals surface area contributed by atoms with Crippen LogP contribution in [0.3, 0.4) is 0 Å². The van der Waals surface area contributed by atoms with Gasteiger partial charge >= 0.3 is 5.97 Å². The first kappa shape index (κ1) is 10.5. The van der Waals surface area contributed by atoms with Gasteiger partial charge in [0, 0.05) is 0 Å². The number of ether oxygens (including phenoxy) is 1. The zero-order valence-electron chi connectivity index (χ0n) is 8.51. The van der Waals surface area contributed by atoms with Crippen molar-refractivity contribution in [2.24, 2.45) is 5.92 Å². The van der Waals surface area contributed by atoms with Crippen LogP contribution in [0, 0.1) is 5.92 Å². The highest BCUT2D eigenvalue weighted by molar-refractivity contribution is 5.76. The maximum Gasteiger partial charge on any atom is 0.323 e. The Bertz CT molecular complexity index is 166. The lowest BCUT2D eigenvalue weighted by Crippen LogP contribution is -2.40. The van der Waals surface area contributed by atoms with Gasteiger partial charge in [0.2, 0.25) is 0 Å². The molecule has 3 nitrogen and oxygen atoms in total. The van der Waals surface area contributed by atoms with Gasteiger partial charge in [-0.25, -0.2) is 0 Å². The van der Waals surface area contributed by atoms with Crippen molar-refractivity contribution in [3.63, 3.8) is 0 Å². The topological polar surface area (TPSA) is 38.3 Å². The van der Waals surface area contributed by atoms with Crippen molar-refractivity contribution >= 4 is 5.97 Å². The average molecular weight is 185 g/mol. The molecule has 1 atom stereocenters. The van der Waals surface area contributed by atoms with Crippen LogP contribution in [-0.2, 0) is 9.53 Å². The minimum absolute atomic E-state index is 0.0418. The summed E-state index contributed by atoms with van der Waals surface area (Å²) < 4.78 is 5.00. The molecule has 76 valence electrons. The predicted molar refractivity (Wildman–Crippen MR) is 51.4 cm³/mol. The molecule has 13 heavy (non-hydrogen) atoms. The van der Waals surface area contributed by atoms with Gasteiger partial charge in [0.1, 0.15) is 6.04 Å². The number of nitrogens with one attached hydrogen (secondary N) is 1. The first-order valence-corrected chi connectivity index (χ1v) is 5.19. The van der Waals surface area contributed by atoms with Crippen molar-refractivity contribution in [3.8, 4) is 0 Å². The lowest BCUT2D eigenvalue weighted by molar-refractivity contribution is -0.146. The number of esters is 1. The molecule has 0 aromatic carbocycles. The van der Waals surface area contributed by atoms with Crippen LogP contribution in [0.5, 0.6) is 0 Å². The molecule has 0 spiro atoms. The van der Waals surface area contributed by atoms with Crippen LogP contribution in [0.2, 0.25) is 0 Å². The Labute approximate surface area is 79.8 Å². The molecule has 1 aliphatic carbocycles. The fourth-order valence-electron chi connectivity index (χ4n) is 1.40. The summed E-state index contributed by atoms with van der Waals surface area (Å²) in [5.41, 5.74) is 0. The van der Waals surface area contributed by atoms with Gasteiger partial charge in [0.15, 0.2) is 0 Å². The second-order valence-corrected chi connectivity index (χ2v) is 3.52. The van der Waals surface area contributed by atoms with Crippen LogP contribution in [0.1, 0.15) is 33.1 Å². The molecule has 0 saturated heterocycles. The largest absolute Gasteiger partial charge is 0.465 e. The SMILES string of the molecule is CCCNC(C(=O)OCC)C1CC1. The molecule has 0 bridgehead atoms. The monoisotopic (exact) mass is 185 g/mol. The number of carbonyl (C=O) groups is 1. The number of carbonyl (C=O) groups excluding carboxylic acids is 1. The Morgan fingerprint density at radius 1 is 1.54 bits per heavy atom. The van der Waals surface area contributed by atoms with E-state index in [1.807, 2.05) is 6.92 Å². The highest BCUT2D eigenvalue weighted by Gasteiger charge is 2.36. The second kappa shape index (κ2) is 5.22. The predicted octanol–water partition coefficient (Wildman–Crippen LogP) is 1.33. The number of rotatable bonds is 6. The summed E-state index contributed by atoms with van der Waals surface area (Å²) >= 11 is 0. The minimum atomic E-state index is -0.0709. The Morgan fingerprint density at radius 2 is 2.23 bits per heavy atom. The maximum atomic E-state index is 11.4. The molecule has 3 heteroatoms. The Kier molecular flexibility index (Phi) is 4.22. The minimum Gasteiger partial charge on any atom is -0.465 e. The van der Waals surface area contributed by atoms with E-state index in [9.17, 15) is 4.79 Å². The molecule has 1 saturated carbocycles. The summed E-state index contributed by atoms with van der Waals surface area (Å²) in [5, 5.41) is 3.24. The zero-order valence-corrected chi connectivity index (χ0v) is 8.51. The summed E-state index contributed by atoms with van der Waals surface area (Å²) in [6.45, 7) is 5.33. The van der Waals surface area contributed by atoms with E-state index in [-0.39, 0.29) is 12.0 Å². The lowest BCUT2D eigenvalue weighted by atomic mass is 10.2. The Hall–Kier alpha value is -0.570. The third kappa shape index (κ3) is 3.35. The van der Waals surface area contributed by atoms with Crippen LogP contribution in [0.4, 0.5) is 0 Å². The van der Waals surface area contributed by atoms with E-state index < -0.39 is 0 Å². The van der Waals surface area contributed by atoms with Crippen molar-refractivity contribution in [1.82, 2.24) is 5.32 Å². The molecule has 0 amide bonds. The van der Waals surface area contributed by atoms with Gasteiger partial charge in [0.05, 0.1) is 6.61 Å². The molecule has 1 rings (SSSR count). The summed E-state index contributed by atoms with van der Waals surface area (Å²) in [5.74, 6) is 0.462. The third-order valence-corrected chi connectivity index (χ3v) is 2.25. The molecule has 1 unspecified atom stereocenters. The molecule has 0 aliphatic heterocycles. The molecule has 0 aromatic heterocycles. The second-order valence-electron chi connectivity index (χ2n) is 3.52. The van der Waals surface area contributed by atoms with E-state index in [1.165, 1.54) is 12.8 Å². The van der Waals surface area contributed by atoms with Gasteiger partial charge in [-0.15, -0.1) is 0 Å². The normalized spacial score (nSPS) is 18.3. The molecule has 1 fully saturated rings. The summed E-state index contributed by atoms with van der Waals surface area (Å²) in [4.78, 5) is 11.4. The lowest BCUT2D eigenvalue weighted by Gasteiger charge is -2.15. The average Bonchev–Trinajstić information content (AvgIpc) is 2.89. The standard InChI is InChI=1S/C10H19NO2/c1-3-7-11-9(8-5-6-8)10(12)13-4-2/h8-9,11H,3-7H2,1-2H3. The maximum absolute atomic E-state index is 11.4. The number of hydrogen-bond acceptors (Lipinski definition) is 3. The fourth-order valence-corrected chi connectivity index (χ4v) is 1.40. The van der Waals surface area contributed by atoms with Crippen molar-refractivity contribution in [3.05, 3.63) is 0 Å². The van der Waals surface area contributed by atoms with E-state index in [0.717, 1.165) is 13.0 Å². The highest BCUT2D eigenvalue weighted by atomic mass is 16.5. The first-order valence-electron chi connectivity index (χ1n) is 5.19. The van der Waals surface area contributed by atoms with Crippen LogP contribution < -0.4 is 5.32 Å². The van der Waals surface area contributed by atoms with E-state index in [2.05, 4.69) is 12.2 Å². The van der Waals surface area contributed by atoms with Crippen LogP contribution in [-0.4, -0.2) is 25.2 Å². The first-order chi connectivity index (χ1) is 6.29. The Morgan fingerprint density at radius 3 is 2.69 bits per heavy atom. The fraction of sp³-hybridized carbons (Fsp3) is 0.900. The van der Waals surface area contributed by atoms with Crippen LogP contribution in [0.15, 0.2) is 0 Å². The van der Waals surface area contributed by atoms with E-state index >= 15 is 0 Å². The molecule has 0 aromatic rings. The summed E-state index contributed by atoms with van der Waals surface area (Å²) in [6, 6.07) is -0.0418. The van der Waals surface area contributed by atoms with Crippen LogP contribution >= 0.6 is 0 Å². The molecule has 0 radical (unpaired) electrons. The smallest absolute Gasteiger partial charge is 0.323 e. The Balaban J connectivity index is 2.32. The highest BCUT2D eigenvalue weighted by Crippen LogP contribution is 2.33. The van der Waals surface area contributed by atoms with Gasteiger partial charge in [-0.1, -0.05) is 6.92 Å². The van der Waals surface area contributed by atoms with Crippen molar-refractivity contribution < 1.29 is 9.53 Å². The molecular formula is C10H19NO2.